The number of nitrogens with one attached hydrogen (secondary N) is 1. The van der Waals surface area contributed by atoms with Crippen LogP contribution in [0.2, 0.25) is 0 Å². The van der Waals surface area contributed by atoms with Crippen molar-refractivity contribution < 1.29 is 13.6 Å². The molecule has 0 saturated carbocycles. The molecule has 1 aliphatic rings. The first-order valence-electron chi connectivity index (χ1n) is 6.47. The van der Waals surface area contributed by atoms with E-state index in [4.69, 9.17) is 23.2 Å². The highest BCUT2D eigenvalue weighted by atomic mass is 35.5. The number of carbonyl (C=O) groups is 1. The SMILES string of the molecule is O=C(Nc1cc(F)c(=O)n(CCF)c1)N1CCC(Cl)=C(Cl)C1. The van der Waals surface area contributed by atoms with Crippen molar-refractivity contribution in [2.75, 3.05) is 25.1 Å². The first kappa shape index (κ1) is 16.8. The Morgan fingerprint density at radius 1 is 1.36 bits per heavy atom. The normalized spacial score (nSPS) is 15.2. The van der Waals surface area contributed by atoms with Gasteiger partial charge in [-0.1, -0.05) is 23.2 Å². The maximum atomic E-state index is 13.5. The highest BCUT2D eigenvalue weighted by molar-refractivity contribution is 6.39. The number of carbonyl (C=O) groups excluding carboxylic acids is 1. The molecule has 9 heteroatoms. The van der Waals surface area contributed by atoms with Gasteiger partial charge in [-0.2, -0.15) is 0 Å². The molecule has 5 nitrogen and oxygen atoms in total. The Morgan fingerprint density at radius 3 is 2.73 bits per heavy atom. The zero-order valence-electron chi connectivity index (χ0n) is 11.4. The van der Waals surface area contributed by atoms with Crippen LogP contribution < -0.4 is 10.9 Å². The molecule has 2 amide bonds. The lowest BCUT2D eigenvalue weighted by Gasteiger charge is -2.27. The summed E-state index contributed by atoms with van der Waals surface area (Å²) >= 11 is 11.8. The summed E-state index contributed by atoms with van der Waals surface area (Å²) < 4.78 is 26.7. The summed E-state index contributed by atoms with van der Waals surface area (Å²) in [6, 6.07) is 0.385. The minimum Gasteiger partial charge on any atom is -0.319 e. The zero-order valence-corrected chi connectivity index (χ0v) is 12.9. The van der Waals surface area contributed by atoms with E-state index in [1.54, 1.807) is 0 Å². The Morgan fingerprint density at radius 2 is 2.09 bits per heavy atom. The molecule has 0 aromatic carbocycles. The van der Waals surface area contributed by atoms with Crippen LogP contribution in [0, 0.1) is 5.82 Å². The number of amides is 2. The van der Waals surface area contributed by atoms with Crippen LogP contribution in [-0.4, -0.2) is 35.3 Å². The lowest BCUT2D eigenvalue weighted by Crippen LogP contribution is -2.39. The fraction of sp³-hybridized carbons (Fsp3) is 0.385. The van der Waals surface area contributed by atoms with Crippen molar-refractivity contribution in [3.63, 3.8) is 0 Å². The lowest BCUT2D eigenvalue weighted by molar-refractivity contribution is 0.215. The highest BCUT2D eigenvalue weighted by Crippen LogP contribution is 2.24. The van der Waals surface area contributed by atoms with Crippen LogP contribution in [0.1, 0.15) is 6.42 Å². The van der Waals surface area contributed by atoms with E-state index in [0.717, 1.165) is 10.6 Å². The quantitative estimate of drug-likeness (QED) is 0.910. The van der Waals surface area contributed by atoms with Gasteiger partial charge < -0.3 is 14.8 Å². The lowest BCUT2D eigenvalue weighted by atomic mass is 10.2. The fourth-order valence-corrected chi connectivity index (χ4v) is 2.38. The predicted molar refractivity (Wildman–Crippen MR) is 80.6 cm³/mol. The van der Waals surface area contributed by atoms with E-state index in [1.807, 2.05) is 0 Å². The van der Waals surface area contributed by atoms with Gasteiger partial charge in [-0.25, -0.2) is 13.6 Å². The second-order valence-corrected chi connectivity index (χ2v) is 5.59. The average Bonchev–Trinajstić information content (AvgIpc) is 2.47. The molecule has 0 aliphatic carbocycles. The molecular formula is C13H13Cl2F2N3O2. The molecular weight excluding hydrogens is 339 g/mol. The monoisotopic (exact) mass is 351 g/mol. The van der Waals surface area contributed by atoms with E-state index in [-0.39, 0.29) is 18.8 Å². The smallest absolute Gasteiger partial charge is 0.319 e. The Bertz CT molecular complexity index is 676. The van der Waals surface area contributed by atoms with Gasteiger partial charge in [-0.15, -0.1) is 0 Å². The summed E-state index contributed by atoms with van der Waals surface area (Å²) in [5, 5.41) is 3.33. The van der Waals surface area contributed by atoms with Crippen LogP contribution in [-0.2, 0) is 6.54 Å². The Hall–Kier alpha value is -1.60. The first-order chi connectivity index (χ1) is 10.4. The standard InChI is InChI=1S/C13H13Cl2F2N3O2/c14-9-1-3-20(7-10(9)15)13(22)18-8-5-11(17)12(21)19(6-8)4-2-16/h5-6H,1-4,7H2,(H,18,22). The largest absolute Gasteiger partial charge is 0.322 e. The molecule has 0 atom stereocenters. The Kier molecular flexibility index (Phi) is 5.42. The molecule has 1 aliphatic heterocycles. The number of nitrogens with zero attached hydrogens (tertiary/aromatic N) is 2. The number of hydrogen-bond donors (Lipinski definition) is 1. The van der Waals surface area contributed by atoms with E-state index in [2.05, 4.69) is 5.32 Å². The molecule has 0 fully saturated rings. The maximum absolute atomic E-state index is 13.5. The molecule has 0 spiro atoms. The van der Waals surface area contributed by atoms with E-state index in [0.29, 0.717) is 23.0 Å². The third-order valence-electron chi connectivity index (χ3n) is 3.13. The number of pyridine rings is 1. The molecule has 1 aromatic rings. The van der Waals surface area contributed by atoms with Crippen molar-refractivity contribution in [2.45, 2.75) is 13.0 Å². The second kappa shape index (κ2) is 7.11. The van der Waals surface area contributed by atoms with Gasteiger partial charge in [0.1, 0.15) is 6.67 Å². The molecule has 2 heterocycles. The fourth-order valence-electron chi connectivity index (χ4n) is 2.00. The van der Waals surface area contributed by atoms with Crippen molar-refractivity contribution in [1.82, 2.24) is 9.47 Å². The number of alkyl halides is 1. The number of anilines is 1. The van der Waals surface area contributed by atoms with Crippen LogP contribution in [0.5, 0.6) is 0 Å². The van der Waals surface area contributed by atoms with Crippen LogP contribution in [0.4, 0.5) is 19.3 Å². The van der Waals surface area contributed by atoms with Crippen molar-refractivity contribution in [2.24, 2.45) is 0 Å². The number of halogens is 4. The number of aryl methyl sites for hydroxylation is 1. The summed E-state index contributed by atoms with van der Waals surface area (Å²) in [6.07, 6.45) is 1.63. The third-order valence-corrected chi connectivity index (χ3v) is 3.99. The van der Waals surface area contributed by atoms with Crippen molar-refractivity contribution >= 4 is 34.9 Å². The highest BCUT2D eigenvalue weighted by Gasteiger charge is 2.21. The van der Waals surface area contributed by atoms with Crippen LogP contribution >= 0.6 is 23.2 Å². The van der Waals surface area contributed by atoms with Crippen molar-refractivity contribution in [1.29, 1.82) is 0 Å². The molecule has 120 valence electrons. The number of hydrogen-bond acceptors (Lipinski definition) is 2. The second-order valence-electron chi connectivity index (χ2n) is 4.68. The van der Waals surface area contributed by atoms with E-state index in [9.17, 15) is 18.4 Å². The summed E-state index contributed by atoms with van der Waals surface area (Å²) in [4.78, 5) is 24.9. The molecule has 1 N–H and O–H groups in total. The maximum Gasteiger partial charge on any atom is 0.322 e. The van der Waals surface area contributed by atoms with Crippen molar-refractivity contribution in [3.8, 4) is 0 Å². The first-order valence-corrected chi connectivity index (χ1v) is 7.23. The van der Waals surface area contributed by atoms with Crippen LogP contribution in [0.3, 0.4) is 0 Å². The zero-order chi connectivity index (χ0) is 16.3. The van der Waals surface area contributed by atoms with Gasteiger partial charge in [-0.3, -0.25) is 4.79 Å². The molecule has 2 rings (SSSR count). The molecule has 0 saturated heterocycles. The molecule has 1 aromatic heterocycles. The minimum absolute atomic E-state index is 0.0623. The summed E-state index contributed by atoms with van der Waals surface area (Å²) in [5.41, 5.74) is -0.876. The molecule has 0 unspecified atom stereocenters. The third kappa shape index (κ3) is 3.78. The van der Waals surface area contributed by atoms with E-state index in [1.165, 1.54) is 11.1 Å². The number of aromatic nitrogens is 1. The Labute approximate surface area is 135 Å². The molecule has 22 heavy (non-hydrogen) atoms. The predicted octanol–water partition coefficient (Wildman–Crippen LogP) is 2.88. The average molecular weight is 352 g/mol. The van der Waals surface area contributed by atoms with Gasteiger partial charge in [0, 0.05) is 30.3 Å². The van der Waals surface area contributed by atoms with Gasteiger partial charge in [0.2, 0.25) is 0 Å². The van der Waals surface area contributed by atoms with E-state index < -0.39 is 24.1 Å². The van der Waals surface area contributed by atoms with Gasteiger partial charge in [0.15, 0.2) is 5.82 Å². The van der Waals surface area contributed by atoms with Crippen molar-refractivity contribution in [3.05, 3.63) is 38.5 Å². The van der Waals surface area contributed by atoms with Gasteiger partial charge >= 0.3 is 6.03 Å². The minimum atomic E-state index is -1.06. The Balaban J connectivity index is 2.14. The van der Waals surface area contributed by atoms with Gasteiger partial charge in [0.25, 0.3) is 5.56 Å². The van der Waals surface area contributed by atoms with Gasteiger partial charge in [-0.05, 0) is 0 Å². The summed E-state index contributed by atoms with van der Waals surface area (Å²) in [7, 11) is 0. The number of rotatable bonds is 3. The van der Waals surface area contributed by atoms with Gasteiger partial charge in [0.05, 0.1) is 23.8 Å². The van der Waals surface area contributed by atoms with E-state index >= 15 is 0 Å². The molecule has 0 bridgehead atoms. The molecule has 0 radical (unpaired) electrons. The topological polar surface area (TPSA) is 54.3 Å². The summed E-state index contributed by atoms with van der Waals surface area (Å²) in [6.45, 7) is -0.582. The van der Waals surface area contributed by atoms with Crippen LogP contribution in [0.25, 0.3) is 0 Å². The summed E-state index contributed by atoms with van der Waals surface area (Å²) in [5.74, 6) is -1.06. The number of urea groups is 1. The van der Waals surface area contributed by atoms with Crippen LogP contribution in [0.15, 0.2) is 27.1 Å².